The van der Waals surface area contributed by atoms with Crippen LogP contribution < -0.4 is 10.5 Å². The standard InChI is InChI=1S/C25H32ClN5O4S2/c1-4-19(37(27,33)34)16-6-5-7-17(20(16)26)21-22(36-23(31-21)15-9-12-35-13-10-15)18-8-11-28-24(30-18)29-14-25(2,3)32/h5-8,11,15,19,32H,4,9-10,12-14H2,1-3H3,(H2,27,33,34)(H,28,29,30). The van der Waals surface area contributed by atoms with Crippen LogP contribution in [0.25, 0.3) is 21.8 Å². The number of thiazole rings is 1. The monoisotopic (exact) mass is 565 g/mol. The lowest BCUT2D eigenvalue weighted by Crippen LogP contribution is -2.29. The molecule has 3 heterocycles. The van der Waals surface area contributed by atoms with Gasteiger partial charge in [0.15, 0.2) is 0 Å². The molecule has 1 fully saturated rings. The third kappa shape index (κ3) is 6.65. The Hall–Kier alpha value is -2.15. The quantitative estimate of drug-likeness (QED) is 0.338. The molecular weight excluding hydrogens is 534 g/mol. The number of nitrogens with two attached hydrogens (primary N) is 1. The first-order chi connectivity index (χ1) is 17.5. The van der Waals surface area contributed by atoms with Crippen LogP contribution in [0, 0.1) is 0 Å². The molecule has 200 valence electrons. The van der Waals surface area contributed by atoms with Gasteiger partial charge in [0.25, 0.3) is 0 Å². The Morgan fingerprint density at radius 3 is 2.65 bits per heavy atom. The highest BCUT2D eigenvalue weighted by atomic mass is 35.5. The van der Waals surface area contributed by atoms with Gasteiger partial charge >= 0.3 is 0 Å². The Balaban J connectivity index is 1.83. The van der Waals surface area contributed by atoms with Crippen LogP contribution in [0.4, 0.5) is 5.95 Å². The van der Waals surface area contributed by atoms with Crippen molar-refractivity contribution in [1.29, 1.82) is 0 Å². The minimum atomic E-state index is -3.85. The van der Waals surface area contributed by atoms with E-state index in [2.05, 4.69) is 15.3 Å². The van der Waals surface area contributed by atoms with Crippen LogP contribution in [-0.2, 0) is 14.8 Å². The summed E-state index contributed by atoms with van der Waals surface area (Å²) in [6, 6.07) is 7.11. The summed E-state index contributed by atoms with van der Waals surface area (Å²) < 4.78 is 30.1. The molecule has 4 rings (SSSR count). The number of primary sulfonamides is 1. The highest BCUT2D eigenvalue weighted by Crippen LogP contribution is 2.44. The van der Waals surface area contributed by atoms with Crippen molar-refractivity contribution in [2.45, 2.75) is 56.8 Å². The van der Waals surface area contributed by atoms with Crippen LogP contribution in [0.15, 0.2) is 30.5 Å². The molecule has 9 nitrogen and oxygen atoms in total. The number of benzene rings is 1. The van der Waals surface area contributed by atoms with E-state index in [1.165, 1.54) is 0 Å². The summed E-state index contributed by atoms with van der Waals surface area (Å²) in [4.78, 5) is 14.8. The molecule has 1 saturated heterocycles. The van der Waals surface area contributed by atoms with Gasteiger partial charge in [-0.1, -0.05) is 36.7 Å². The second kappa shape index (κ2) is 11.3. The highest BCUT2D eigenvalue weighted by Gasteiger charge is 2.29. The Kier molecular flexibility index (Phi) is 8.51. The molecule has 1 aromatic carbocycles. The summed E-state index contributed by atoms with van der Waals surface area (Å²) in [6.07, 6.45) is 3.68. The van der Waals surface area contributed by atoms with Gasteiger partial charge in [0.05, 0.1) is 31.9 Å². The molecule has 4 N–H and O–H groups in total. The average molecular weight is 566 g/mol. The maximum Gasteiger partial charge on any atom is 0.223 e. The van der Waals surface area contributed by atoms with E-state index in [0.717, 1.165) is 22.7 Å². The maximum absolute atomic E-state index is 12.3. The number of aliphatic hydroxyl groups is 1. The predicted molar refractivity (Wildman–Crippen MR) is 147 cm³/mol. The number of nitrogens with one attached hydrogen (secondary N) is 1. The number of hydrogen-bond donors (Lipinski definition) is 3. The van der Waals surface area contributed by atoms with Gasteiger partial charge in [0, 0.05) is 37.4 Å². The molecule has 0 spiro atoms. The fourth-order valence-corrected chi connectivity index (χ4v) is 6.93. The van der Waals surface area contributed by atoms with Gasteiger partial charge in [-0.2, -0.15) is 0 Å². The molecule has 0 saturated carbocycles. The first-order valence-electron chi connectivity index (χ1n) is 12.2. The van der Waals surface area contributed by atoms with E-state index in [1.807, 2.05) is 6.07 Å². The molecule has 0 amide bonds. The number of anilines is 1. The van der Waals surface area contributed by atoms with Crippen LogP contribution in [0.5, 0.6) is 0 Å². The lowest BCUT2D eigenvalue weighted by molar-refractivity contribution is 0.0853. The number of sulfonamides is 1. The summed E-state index contributed by atoms with van der Waals surface area (Å²) in [5, 5.41) is 19.0. The molecule has 2 aromatic heterocycles. The summed E-state index contributed by atoms with van der Waals surface area (Å²) in [7, 11) is -3.85. The number of halogens is 1. The van der Waals surface area contributed by atoms with E-state index < -0.39 is 20.9 Å². The average Bonchev–Trinajstić information content (AvgIpc) is 3.29. The SMILES string of the molecule is CCC(c1cccc(-c2nc(C3CCOCC3)sc2-c2ccnc(NCC(C)(C)O)n2)c1Cl)S(N)(=O)=O. The fourth-order valence-electron chi connectivity index (χ4n) is 4.29. The third-order valence-corrected chi connectivity index (χ3v) is 9.22. The smallest absolute Gasteiger partial charge is 0.223 e. The van der Waals surface area contributed by atoms with Crippen molar-refractivity contribution in [1.82, 2.24) is 15.0 Å². The molecule has 3 aromatic rings. The normalized spacial score (nSPS) is 16.1. The lowest BCUT2D eigenvalue weighted by atomic mass is 10.0. The number of aromatic nitrogens is 3. The number of ether oxygens (including phenoxy) is 1. The number of rotatable bonds is 9. The van der Waals surface area contributed by atoms with Crippen LogP contribution in [-0.4, -0.2) is 53.8 Å². The van der Waals surface area contributed by atoms with E-state index in [9.17, 15) is 13.5 Å². The van der Waals surface area contributed by atoms with Crippen molar-refractivity contribution >= 4 is 38.9 Å². The Bertz CT molecular complexity index is 1350. The van der Waals surface area contributed by atoms with Crippen molar-refractivity contribution in [3.63, 3.8) is 0 Å². The first kappa shape index (κ1) is 27.9. The fraction of sp³-hybridized carbons (Fsp3) is 0.480. The molecule has 1 aliphatic heterocycles. The summed E-state index contributed by atoms with van der Waals surface area (Å²) in [5.41, 5.74) is 1.42. The largest absolute Gasteiger partial charge is 0.389 e. The first-order valence-corrected chi connectivity index (χ1v) is 15.0. The summed E-state index contributed by atoms with van der Waals surface area (Å²) in [5.74, 6) is 0.627. The van der Waals surface area contributed by atoms with Crippen LogP contribution in [0.2, 0.25) is 5.02 Å². The van der Waals surface area contributed by atoms with Gasteiger partial charge in [-0.05, 0) is 44.7 Å². The van der Waals surface area contributed by atoms with E-state index in [0.29, 0.717) is 53.1 Å². The van der Waals surface area contributed by atoms with Gasteiger partial charge in [-0.3, -0.25) is 0 Å². The second-order valence-corrected chi connectivity index (χ2v) is 12.9. The minimum Gasteiger partial charge on any atom is -0.389 e. The molecule has 1 aliphatic rings. The van der Waals surface area contributed by atoms with Crippen molar-refractivity contribution < 1.29 is 18.3 Å². The van der Waals surface area contributed by atoms with Crippen molar-refractivity contribution in [2.24, 2.45) is 5.14 Å². The topological polar surface area (TPSA) is 140 Å². The highest BCUT2D eigenvalue weighted by molar-refractivity contribution is 7.89. The van der Waals surface area contributed by atoms with Crippen molar-refractivity contribution in [3.8, 4) is 21.8 Å². The number of hydrogen-bond acceptors (Lipinski definition) is 9. The second-order valence-electron chi connectivity index (χ2n) is 9.74. The van der Waals surface area contributed by atoms with Gasteiger partial charge in [0.1, 0.15) is 5.25 Å². The maximum atomic E-state index is 12.3. The van der Waals surface area contributed by atoms with E-state index in [1.54, 1.807) is 56.5 Å². The van der Waals surface area contributed by atoms with Gasteiger partial charge in [-0.25, -0.2) is 28.5 Å². The molecular formula is C25H32ClN5O4S2. The molecule has 37 heavy (non-hydrogen) atoms. The molecule has 0 bridgehead atoms. The number of nitrogens with zero attached hydrogens (tertiary/aromatic N) is 3. The summed E-state index contributed by atoms with van der Waals surface area (Å²) in [6.45, 7) is 6.79. The summed E-state index contributed by atoms with van der Waals surface area (Å²) >= 11 is 8.41. The molecule has 12 heteroatoms. The Morgan fingerprint density at radius 2 is 2.00 bits per heavy atom. The Labute approximate surface area is 226 Å². The third-order valence-electron chi connectivity index (χ3n) is 6.18. The predicted octanol–water partition coefficient (Wildman–Crippen LogP) is 4.74. The van der Waals surface area contributed by atoms with Crippen LogP contribution >= 0.6 is 22.9 Å². The van der Waals surface area contributed by atoms with Crippen molar-refractivity contribution in [3.05, 3.63) is 46.1 Å². The van der Waals surface area contributed by atoms with Gasteiger partial charge in [0.2, 0.25) is 16.0 Å². The molecule has 0 radical (unpaired) electrons. The van der Waals surface area contributed by atoms with E-state index >= 15 is 0 Å². The molecule has 1 unspecified atom stereocenters. The zero-order valence-electron chi connectivity index (χ0n) is 21.1. The zero-order valence-corrected chi connectivity index (χ0v) is 23.5. The zero-order chi connectivity index (χ0) is 26.8. The minimum absolute atomic E-state index is 0.246. The lowest BCUT2D eigenvalue weighted by Gasteiger charge is -2.19. The molecule has 0 aliphatic carbocycles. The van der Waals surface area contributed by atoms with E-state index in [4.69, 9.17) is 26.5 Å². The van der Waals surface area contributed by atoms with Crippen LogP contribution in [0.1, 0.15) is 61.8 Å². The molecule has 1 atom stereocenters. The Morgan fingerprint density at radius 1 is 1.27 bits per heavy atom. The van der Waals surface area contributed by atoms with Crippen molar-refractivity contribution in [2.75, 3.05) is 25.1 Å². The van der Waals surface area contributed by atoms with Gasteiger partial charge in [-0.15, -0.1) is 11.3 Å². The van der Waals surface area contributed by atoms with Gasteiger partial charge < -0.3 is 15.2 Å². The van der Waals surface area contributed by atoms with Crippen LogP contribution in [0.3, 0.4) is 0 Å². The van der Waals surface area contributed by atoms with E-state index in [-0.39, 0.29) is 12.5 Å².